The van der Waals surface area contributed by atoms with Crippen LogP contribution in [0.5, 0.6) is 0 Å². The number of hydrogen-bond donors (Lipinski definition) is 0. The van der Waals surface area contributed by atoms with Crippen LogP contribution in [0.3, 0.4) is 0 Å². The second-order valence-corrected chi connectivity index (χ2v) is 7.77. The van der Waals surface area contributed by atoms with E-state index < -0.39 is 0 Å². The number of aliphatic imine (C=N–C) groups is 1. The molecular weight excluding hydrogens is 394 g/mol. The van der Waals surface area contributed by atoms with Gasteiger partial charge in [0.1, 0.15) is 12.0 Å². The molecule has 0 radical (unpaired) electrons. The number of nitro groups is 1. The van der Waals surface area contributed by atoms with Crippen LogP contribution in [0.2, 0.25) is 0 Å². The van der Waals surface area contributed by atoms with Crippen molar-refractivity contribution in [2.75, 3.05) is 0 Å². The highest BCUT2D eigenvalue weighted by Crippen LogP contribution is 2.42. The topological polar surface area (TPSA) is 99.3 Å². The van der Waals surface area contributed by atoms with Gasteiger partial charge in [-0.15, -0.1) is 0 Å². The lowest BCUT2D eigenvalue weighted by Gasteiger charge is -2.14. The lowest BCUT2D eigenvalue weighted by Crippen LogP contribution is -2.10. The summed E-state index contributed by atoms with van der Waals surface area (Å²) >= 11 is 0. The monoisotopic (exact) mass is 411 g/mol. The fraction of sp³-hybridized carbons (Fsp3) is 0.174. The quantitative estimate of drug-likeness (QED) is 0.359. The average Bonchev–Trinajstić information content (AvgIpc) is 3.38. The van der Waals surface area contributed by atoms with Gasteiger partial charge in [0.25, 0.3) is 5.69 Å². The van der Waals surface area contributed by atoms with E-state index >= 15 is 0 Å². The van der Waals surface area contributed by atoms with E-state index in [2.05, 4.69) is 28.2 Å². The summed E-state index contributed by atoms with van der Waals surface area (Å²) in [5.74, 6) is 1.11. The first-order valence-electron chi connectivity index (χ1n) is 10.1. The third kappa shape index (κ3) is 2.87. The molecule has 0 bridgehead atoms. The van der Waals surface area contributed by atoms with Crippen LogP contribution in [-0.2, 0) is 6.54 Å². The second-order valence-electron chi connectivity index (χ2n) is 7.77. The maximum absolute atomic E-state index is 11.7. The average molecular weight is 411 g/mol. The van der Waals surface area contributed by atoms with Crippen molar-refractivity contribution in [2.45, 2.75) is 25.3 Å². The number of hydrogen-bond acceptors (Lipinski definition) is 6. The first-order chi connectivity index (χ1) is 15.2. The van der Waals surface area contributed by atoms with E-state index in [1.54, 1.807) is 24.7 Å². The fourth-order valence-electron chi connectivity index (χ4n) is 4.20. The van der Waals surface area contributed by atoms with Gasteiger partial charge < -0.3 is 4.42 Å². The van der Waals surface area contributed by atoms with Crippen LogP contribution < -0.4 is 0 Å². The third-order valence-electron chi connectivity index (χ3n) is 5.86. The number of aromatic nitrogens is 3. The molecule has 0 saturated heterocycles. The van der Waals surface area contributed by atoms with Crippen molar-refractivity contribution in [3.05, 3.63) is 93.9 Å². The Morgan fingerprint density at radius 1 is 1.13 bits per heavy atom. The zero-order valence-corrected chi connectivity index (χ0v) is 16.4. The van der Waals surface area contributed by atoms with E-state index in [0.717, 1.165) is 16.9 Å². The molecule has 8 heteroatoms. The van der Waals surface area contributed by atoms with Gasteiger partial charge in [-0.3, -0.25) is 19.7 Å². The van der Waals surface area contributed by atoms with E-state index in [9.17, 15) is 10.1 Å². The fourth-order valence-corrected chi connectivity index (χ4v) is 4.20. The number of nitrogens with zero attached hydrogens (tertiary/aromatic N) is 5. The summed E-state index contributed by atoms with van der Waals surface area (Å²) in [6, 6.07) is 13.1. The predicted molar refractivity (Wildman–Crippen MR) is 113 cm³/mol. The molecule has 2 aromatic heterocycles. The van der Waals surface area contributed by atoms with Crippen LogP contribution in [0.25, 0.3) is 17.1 Å². The normalized spacial score (nSPS) is 15.0. The van der Waals surface area contributed by atoms with Crippen LogP contribution in [0.15, 0.2) is 70.8 Å². The summed E-state index contributed by atoms with van der Waals surface area (Å²) in [6.45, 7) is 0.310. The first-order valence-corrected chi connectivity index (χ1v) is 10.1. The van der Waals surface area contributed by atoms with Crippen molar-refractivity contribution < 1.29 is 9.34 Å². The van der Waals surface area contributed by atoms with Gasteiger partial charge in [0, 0.05) is 11.6 Å². The molecule has 0 amide bonds. The number of benzene rings is 2. The number of nitro benzene ring substituents is 1. The Kier molecular flexibility index (Phi) is 3.86. The van der Waals surface area contributed by atoms with E-state index in [4.69, 9.17) is 9.41 Å². The van der Waals surface area contributed by atoms with Crippen molar-refractivity contribution in [1.29, 1.82) is 0 Å². The van der Waals surface area contributed by atoms with Gasteiger partial charge in [-0.25, -0.2) is 9.97 Å². The second kappa shape index (κ2) is 6.73. The Hall–Kier alpha value is -4.07. The molecule has 4 aromatic rings. The van der Waals surface area contributed by atoms with Crippen LogP contribution in [0.1, 0.15) is 41.1 Å². The van der Waals surface area contributed by atoms with Crippen LogP contribution in [-0.4, -0.2) is 25.2 Å². The molecule has 0 atom stereocenters. The highest BCUT2D eigenvalue weighted by atomic mass is 16.6. The molecule has 1 aliphatic carbocycles. The molecule has 0 N–H and O–H groups in total. The first kappa shape index (κ1) is 17.8. The summed E-state index contributed by atoms with van der Waals surface area (Å²) in [6.07, 6.45) is 7.08. The van der Waals surface area contributed by atoms with Crippen LogP contribution in [0.4, 0.5) is 5.69 Å². The molecule has 31 heavy (non-hydrogen) atoms. The van der Waals surface area contributed by atoms with Gasteiger partial charge in [-0.05, 0) is 42.5 Å². The van der Waals surface area contributed by atoms with E-state index in [-0.39, 0.29) is 10.6 Å². The number of oxazole rings is 1. The van der Waals surface area contributed by atoms with Gasteiger partial charge in [0.15, 0.2) is 12.2 Å². The molecule has 0 spiro atoms. The van der Waals surface area contributed by atoms with Gasteiger partial charge in [0.2, 0.25) is 0 Å². The Bertz CT molecular complexity index is 1350. The van der Waals surface area contributed by atoms with Gasteiger partial charge in [0.05, 0.1) is 40.3 Å². The van der Waals surface area contributed by atoms with Crippen molar-refractivity contribution in [3.8, 4) is 17.1 Å². The summed E-state index contributed by atoms with van der Waals surface area (Å²) in [4.78, 5) is 24.8. The van der Waals surface area contributed by atoms with Crippen molar-refractivity contribution in [1.82, 2.24) is 14.5 Å². The largest absolute Gasteiger partial charge is 0.442 e. The zero-order chi connectivity index (χ0) is 20.9. The summed E-state index contributed by atoms with van der Waals surface area (Å²) in [5, 5.41) is 11.7. The Morgan fingerprint density at radius 3 is 2.77 bits per heavy atom. The summed E-state index contributed by atoms with van der Waals surface area (Å²) in [5.41, 5.74) is 5.71. The molecule has 1 saturated carbocycles. The maximum atomic E-state index is 11.7. The molecule has 2 aromatic carbocycles. The van der Waals surface area contributed by atoms with E-state index in [1.807, 2.05) is 10.6 Å². The molecule has 6 rings (SSSR count). The third-order valence-corrected chi connectivity index (χ3v) is 5.86. The maximum Gasteiger partial charge on any atom is 0.278 e. The minimum atomic E-state index is -0.352. The van der Waals surface area contributed by atoms with E-state index in [1.165, 1.54) is 30.9 Å². The summed E-state index contributed by atoms with van der Waals surface area (Å²) in [7, 11) is 0. The predicted octanol–water partition coefficient (Wildman–Crippen LogP) is 4.66. The minimum Gasteiger partial charge on any atom is -0.442 e. The highest BCUT2D eigenvalue weighted by Gasteiger charge is 2.29. The number of para-hydroxylation sites is 1. The van der Waals surface area contributed by atoms with Gasteiger partial charge in [-0.2, -0.15) is 0 Å². The van der Waals surface area contributed by atoms with E-state index in [0.29, 0.717) is 35.2 Å². The standard InChI is InChI=1S/C23H17N5O3/c29-28(30)19-4-2-1-3-16(19)22-17-9-15(14-5-6-14)7-8-18(17)27-12-26-23(20(27)10-25-22)21-11-24-13-31-21/h1-4,7-9,11-14H,5-6,10H2. The van der Waals surface area contributed by atoms with Gasteiger partial charge >= 0.3 is 0 Å². The van der Waals surface area contributed by atoms with Gasteiger partial charge in [-0.1, -0.05) is 18.2 Å². The highest BCUT2D eigenvalue weighted by molar-refractivity contribution is 6.17. The number of imidazole rings is 1. The molecule has 3 heterocycles. The molecule has 2 aliphatic rings. The molecule has 1 aliphatic heterocycles. The molecule has 0 unspecified atom stereocenters. The molecule has 152 valence electrons. The Morgan fingerprint density at radius 2 is 2.00 bits per heavy atom. The van der Waals surface area contributed by atoms with Crippen molar-refractivity contribution in [3.63, 3.8) is 0 Å². The molecule has 8 nitrogen and oxygen atoms in total. The lowest BCUT2D eigenvalue weighted by molar-refractivity contribution is -0.385. The Labute approximate surface area is 177 Å². The zero-order valence-electron chi connectivity index (χ0n) is 16.4. The SMILES string of the molecule is O=[N+]([O-])c1ccccc1C1=NCc2c(-c3cnco3)ncn2-c2ccc(C3CC3)cc21. The molecular formula is C23H17N5O3. The summed E-state index contributed by atoms with van der Waals surface area (Å²) < 4.78 is 7.46. The minimum absolute atomic E-state index is 0.0455. The smallest absolute Gasteiger partial charge is 0.278 e. The Balaban J connectivity index is 1.60. The lowest BCUT2D eigenvalue weighted by atomic mass is 9.96. The van der Waals surface area contributed by atoms with Crippen LogP contribution >= 0.6 is 0 Å². The number of rotatable bonds is 4. The van der Waals surface area contributed by atoms with Crippen LogP contribution in [0, 0.1) is 10.1 Å². The van der Waals surface area contributed by atoms with Crippen molar-refractivity contribution in [2.24, 2.45) is 4.99 Å². The number of fused-ring (bicyclic) bond motifs is 3. The van der Waals surface area contributed by atoms with Crippen molar-refractivity contribution >= 4 is 11.4 Å². The molecule has 1 fully saturated rings.